The molecule has 0 saturated heterocycles. The average molecular weight is 386 g/mol. The Morgan fingerprint density at radius 1 is 1.19 bits per heavy atom. The number of H-pyrrole nitrogens is 1. The molecule has 9 heteroatoms. The van der Waals surface area contributed by atoms with Crippen LogP contribution >= 0.6 is 11.6 Å². The van der Waals surface area contributed by atoms with Gasteiger partial charge in [0.2, 0.25) is 11.7 Å². The summed E-state index contributed by atoms with van der Waals surface area (Å²) in [6.07, 6.45) is 3.27. The van der Waals surface area contributed by atoms with Crippen molar-refractivity contribution in [3.05, 3.63) is 35.6 Å². The van der Waals surface area contributed by atoms with Crippen LogP contribution in [0.5, 0.6) is 11.6 Å². The maximum Gasteiger partial charge on any atom is 0.259 e. The number of aromatic nitrogens is 5. The Bertz CT molecular complexity index is 1110. The topological polar surface area (TPSA) is 99.0 Å². The van der Waals surface area contributed by atoms with E-state index >= 15 is 0 Å². The maximum absolute atomic E-state index is 6.24. The maximum atomic E-state index is 6.24. The molecule has 0 amide bonds. The first kappa shape index (κ1) is 17.3. The molecule has 138 valence electrons. The number of hydrogen-bond donors (Lipinski definition) is 1. The predicted molar refractivity (Wildman–Crippen MR) is 99.9 cm³/mol. The summed E-state index contributed by atoms with van der Waals surface area (Å²) in [5, 5.41) is 12.3. The van der Waals surface area contributed by atoms with Crippen LogP contribution in [0.4, 0.5) is 0 Å². The Morgan fingerprint density at radius 2 is 2.04 bits per heavy atom. The molecule has 0 radical (unpaired) electrons. The summed E-state index contributed by atoms with van der Waals surface area (Å²) in [5.41, 5.74) is 2.15. The van der Waals surface area contributed by atoms with E-state index in [1.165, 1.54) is 0 Å². The second-order valence-electron chi connectivity index (χ2n) is 6.11. The van der Waals surface area contributed by atoms with Crippen LogP contribution in [0.1, 0.15) is 13.8 Å². The number of pyridine rings is 1. The van der Waals surface area contributed by atoms with E-state index in [4.69, 9.17) is 25.6 Å². The monoisotopic (exact) mass is 385 g/mol. The van der Waals surface area contributed by atoms with Crippen molar-refractivity contribution in [3.8, 4) is 34.5 Å². The summed E-state index contributed by atoms with van der Waals surface area (Å²) in [6, 6.07) is 5.40. The summed E-state index contributed by atoms with van der Waals surface area (Å²) in [5.74, 6) is 1.66. The molecular weight excluding hydrogens is 370 g/mol. The lowest BCUT2D eigenvalue weighted by Crippen LogP contribution is -2.07. The third-order valence-electron chi connectivity index (χ3n) is 3.83. The van der Waals surface area contributed by atoms with Crippen molar-refractivity contribution < 1.29 is 14.0 Å². The number of nitrogens with one attached hydrogen (secondary N) is 1. The minimum atomic E-state index is -0.0267. The number of fused-ring (bicyclic) bond motifs is 1. The van der Waals surface area contributed by atoms with E-state index in [1.54, 1.807) is 25.6 Å². The third kappa shape index (κ3) is 3.31. The number of ether oxygens (including phenoxy) is 2. The Morgan fingerprint density at radius 3 is 2.78 bits per heavy atom. The lowest BCUT2D eigenvalue weighted by atomic mass is 10.1. The SMILES string of the molecule is COc1cc2[nH]ncc2cc1-c1noc(-c2cnc(OC(C)C)c(Cl)c2)n1. The van der Waals surface area contributed by atoms with E-state index in [-0.39, 0.29) is 6.10 Å². The number of methoxy groups -OCH3 is 1. The molecule has 0 aliphatic carbocycles. The van der Waals surface area contributed by atoms with Crippen LogP contribution in [0.25, 0.3) is 33.7 Å². The molecule has 1 aromatic carbocycles. The van der Waals surface area contributed by atoms with Gasteiger partial charge in [-0.2, -0.15) is 10.1 Å². The van der Waals surface area contributed by atoms with Gasteiger partial charge < -0.3 is 14.0 Å². The van der Waals surface area contributed by atoms with Crippen molar-refractivity contribution in [3.63, 3.8) is 0 Å². The minimum absolute atomic E-state index is 0.0267. The van der Waals surface area contributed by atoms with Gasteiger partial charge in [0.25, 0.3) is 5.89 Å². The summed E-state index contributed by atoms with van der Waals surface area (Å²) >= 11 is 6.24. The molecule has 0 aliphatic heterocycles. The van der Waals surface area contributed by atoms with E-state index in [0.29, 0.717) is 39.5 Å². The molecule has 0 atom stereocenters. The Hall–Kier alpha value is -3.13. The number of benzene rings is 1. The fourth-order valence-corrected chi connectivity index (χ4v) is 2.83. The predicted octanol–water partition coefficient (Wildman–Crippen LogP) is 4.12. The van der Waals surface area contributed by atoms with Crippen molar-refractivity contribution in [2.75, 3.05) is 7.11 Å². The van der Waals surface area contributed by atoms with E-state index in [2.05, 4.69) is 25.3 Å². The van der Waals surface area contributed by atoms with Gasteiger partial charge in [-0.15, -0.1) is 0 Å². The Balaban J connectivity index is 1.71. The van der Waals surface area contributed by atoms with Gasteiger partial charge in [0.1, 0.15) is 10.8 Å². The molecule has 27 heavy (non-hydrogen) atoms. The standard InChI is InChI=1S/C18H16ClN5O3/c1-9(2)26-18-13(19)5-11(7-20-18)17-22-16(24-27-17)12-4-10-8-21-23-14(10)6-15(12)25-3/h4-9H,1-3H3,(H,21,23). The number of nitrogens with zero attached hydrogens (tertiary/aromatic N) is 4. The van der Waals surface area contributed by atoms with Gasteiger partial charge >= 0.3 is 0 Å². The van der Waals surface area contributed by atoms with E-state index < -0.39 is 0 Å². The first-order valence-corrected chi connectivity index (χ1v) is 8.60. The lowest BCUT2D eigenvalue weighted by Gasteiger charge is -2.09. The Kier molecular flexibility index (Phi) is 4.41. The van der Waals surface area contributed by atoms with E-state index in [0.717, 1.165) is 10.9 Å². The molecule has 0 spiro atoms. The summed E-state index contributed by atoms with van der Waals surface area (Å²) in [4.78, 5) is 8.68. The van der Waals surface area contributed by atoms with Crippen LogP contribution in [0.3, 0.4) is 0 Å². The average Bonchev–Trinajstić information content (AvgIpc) is 3.30. The molecule has 1 N–H and O–H groups in total. The molecule has 0 bridgehead atoms. The van der Waals surface area contributed by atoms with Gasteiger partial charge in [-0.1, -0.05) is 16.8 Å². The van der Waals surface area contributed by atoms with Crippen molar-refractivity contribution >= 4 is 22.5 Å². The molecule has 4 aromatic rings. The summed E-state index contributed by atoms with van der Waals surface area (Å²) in [7, 11) is 1.58. The van der Waals surface area contributed by atoms with Crippen LogP contribution in [0.2, 0.25) is 5.02 Å². The molecule has 8 nitrogen and oxygen atoms in total. The minimum Gasteiger partial charge on any atom is -0.496 e. The van der Waals surface area contributed by atoms with Crippen LogP contribution < -0.4 is 9.47 Å². The van der Waals surface area contributed by atoms with Gasteiger partial charge in [-0.3, -0.25) is 5.10 Å². The summed E-state index contributed by atoms with van der Waals surface area (Å²) < 4.78 is 16.4. The number of halogens is 1. The van der Waals surface area contributed by atoms with Gasteiger partial charge in [0, 0.05) is 17.6 Å². The van der Waals surface area contributed by atoms with Gasteiger partial charge in [-0.25, -0.2) is 4.98 Å². The van der Waals surface area contributed by atoms with Gasteiger partial charge in [0.05, 0.1) is 36.1 Å². The van der Waals surface area contributed by atoms with Crippen molar-refractivity contribution in [2.24, 2.45) is 0 Å². The van der Waals surface area contributed by atoms with Crippen LogP contribution in [0.15, 0.2) is 35.1 Å². The lowest BCUT2D eigenvalue weighted by molar-refractivity contribution is 0.233. The molecule has 3 heterocycles. The first-order valence-electron chi connectivity index (χ1n) is 8.23. The fraction of sp³-hybridized carbons (Fsp3) is 0.222. The Labute approximate surface area is 159 Å². The largest absolute Gasteiger partial charge is 0.496 e. The van der Waals surface area contributed by atoms with E-state index in [1.807, 2.05) is 26.0 Å². The molecule has 0 saturated carbocycles. The van der Waals surface area contributed by atoms with Gasteiger partial charge in [-0.05, 0) is 26.0 Å². The van der Waals surface area contributed by atoms with Gasteiger partial charge in [0.15, 0.2) is 0 Å². The molecule has 4 rings (SSSR count). The molecular formula is C18H16ClN5O3. The zero-order valence-corrected chi connectivity index (χ0v) is 15.6. The van der Waals surface area contributed by atoms with Crippen molar-refractivity contribution in [2.45, 2.75) is 20.0 Å². The highest BCUT2D eigenvalue weighted by molar-refractivity contribution is 6.32. The highest BCUT2D eigenvalue weighted by Crippen LogP contribution is 2.34. The first-order chi connectivity index (χ1) is 13.0. The third-order valence-corrected chi connectivity index (χ3v) is 4.10. The highest BCUT2D eigenvalue weighted by Gasteiger charge is 2.17. The highest BCUT2D eigenvalue weighted by atomic mass is 35.5. The number of rotatable bonds is 5. The van der Waals surface area contributed by atoms with Crippen LogP contribution in [0, 0.1) is 0 Å². The van der Waals surface area contributed by atoms with E-state index in [9.17, 15) is 0 Å². The molecule has 3 aromatic heterocycles. The molecule has 0 aliphatic rings. The fourth-order valence-electron chi connectivity index (χ4n) is 2.62. The molecule has 0 unspecified atom stereocenters. The normalized spacial score (nSPS) is 11.3. The number of hydrogen-bond acceptors (Lipinski definition) is 7. The van der Waals surface area contributed by atoms with Crippen molar-refractivity contribution in [1.29, 1.82) is 0 Å². The quantitative estimate of drug-likeness (QED) is 0.551. The van der Waals surface area contributed by atoms with Crippen LogP contribution in [-0.2, 0) is 0 Å². The molecule has 0 fully saturated rings. The number of aromatic amines is 1. The van der Waals surface area contributed by atoms with Crippen LogP contribution in [-0.4, -0.2) is 38.5 Å². The summed E-state index contributed by atoms with van der Waals surface area (Å²) in [6.45, 7) is 3.81. The zero-order chi connectivity index (χ0) is 19.0. The smallest absolute Gasteiger partial charge is 0.259 e. The second kappa shape index (κ2) is 6.88. The zero-order valence-electron chi connectivity index (χ0n) is 14.9. The van der Waals surface area contributed by atoms with Crippen molar-refractivity contribution in [1.82, 2.24) is 25.3 Å². The second-order valence-corrected chi connectivity index (χ2v) is 6.52.